The SMILES string of the molecule is Cc1ccc(Nc2c([N+](=O)[O-])cc(C(=O)n3c(Cc4ccccc4)[nH+]c4ccccc43)cc2[N+](=O)[O-])c(C)c1. The molecule has 2 N–H and O–H groups in total. The monoisotopic (exact) mass is 522 g/mol. The van der Waals surface area contributed by atoms with Crippen molar-refractivity contribution in [3.63, 3.8) is 0 Å². The van der Waals surface area contributed by atoms with Crippen LogP contribution >= 0.6 is 0 Å². The first kappa shape index (κ1) is 25.3. The zero-order valence-electron chi connectivity index (χ0n) is 21.2. The number of aromatic amines is 1. The number of nitrogens with zero attached hydrogens (tertiary/aromatic N) is 3. The molecule has 5 rings (SSSR count). The van der Waals surface area contributed by atoms with Crippen molar-refractivity contribution in [3.05, 3.63) is 133 Å². The van der Waals surface area contributed by atoms with E-state index >= 15 is 0 Å². The van der Waals surface area contributed by atoms with Crippen LogP contribution in [0.15, 0.2) is 84.9 Å². The van der Waals surface area contributed by atoms with Crippen LogP contribution in [0.2, 0.25) is 0 Å². The number of aromatic nitrogens is 2. The molecule has 1 aromatic heterocycles. The Kier molecular flexibility index (Phi) is 6.59. The van der Waals surface area contributed by atoms with Crippen molar-refractivity contribution in [2.45, 2.75) is 20.3 Å². The molecule has 0 spiro atoms. The zero-order valence-corrected chi connectivity index (χ0v) is 21.2. The lowest BCUT2D eigenvalue weighted by Crippen LogP contribution is -2.20. The molecule has 10 heteroatoms. The number of anilines is 2. The Labute approximate surface area is 222 Å². The van der Waals surface area contributed by atoms with Gasteiger partial charge in [0.05, 0.1) is 21.8 Å². The number of hydrogen-bond donors (Lipinski definition) is 1. The molecule has 4 aromatic carbocycles. The third-order valence-corrected chi connectivity index (χ3v) is 6.49. The Morgan fingerprint density at radius 3 is 2.15 bits per heavy atom. The number of carbonyl (C=O) groups excluding carboxylic acids is 1. The first-order valence-electron chi connectivity index (χ1n) is 12.1. The number of rotatable bonds is 7. The van der Waals surface area contributed by atoms with Gasteiger partial charge in [-0.1, -0.05) is 60.2 Å². The van der Waals surface area contributed by atoms with Crippen LogP contribution in [0.3, 0.4) is 0 Å². The largest absolute Gasteiger partial charge is 0.346 e. The maximum atomic E-state index is 13.9. The van der Waals surface area contributed by atoms with Crippen LogP contribution in [-0.4, -0.2) is 20.3 Å². The molecule has 0 fully saturated rings. The number of hydrogen-bond acceptors (Lipinski definition) is 6. The lowest BCUT2D eigenvalue weighted by molar-refractivity contribution is -0.392. The number of H-pyrrole nitrogens is 1. The second-order valence-corrected chi connectivity index (χ2v) is 9.24. The molecule has 0 atom stereocenters. The fraction of sp³-hybridized carbons (Fsp3) is 0.103. The van der Waals surface area contributed by atoms with Crippen molar-refractivity contribution in [3.8, 4) is 0 Å². The van der Waals surface area contributed by atoms with Crippen molar-refractivity contribution >= 4 is 39.7 Å². The molecule has 0 aliphatic heterocycles. The number of carbonyl (C=O) groups is 1. The van der Waals surface area contributed by atoms with Crippen molar-refractivity contribution in [1.82, 2.24) is 4.57 Å². The molecule has 1 heterocycles. The number of imidazole rings is 1. The van der Waals surface area contributed by atoms with E-state index in [-0.39, 0.29) is 11.3 Å². The topological polar surface area (TPSA) is 134 Å². The number of nitro groups is 2. The van der Waals surface area contributed by atoms with Gasteiger partial charge in [0, 0.05) is 17.8 Å². The van der Waals surface area contributed by atoms with Gasteiger partial charge in [-0.05, 0) is 43.2 Å². The normalized spacial score (nSPS) is 10.9. The summed E-state index contributed by atoms with van der Waals surface area (Å²) in [5.41, 5.74) is 2.80. The molecule has 0 unspecified atom stereocenters. The minimum absolute atomic E-state index is 0.177. The van der Waals surface area contributed by atoms with Gasteiger partial charge in [-0.2, -0.15) is 4.57 Å². The fourth-order valence-electron chi connectivity index (χ4n) is 4.64. The van der Waals surface area contributed by atoms with Crippen LogP contribution in [0, 0.1) is 34.1 Å². The summed E-state index contributed by atoms with van der Waals surface area (Å²) in [5, 5.41) is 27.1. The molecular formula is C29H24N5O5+. The maximum Gasteiger partial charge on any atom is 0.346 e. The van der Waals surface area contributed by atoms with Crippen molar-refractivity contribution in [1.29, 1.82) is 0 Å². The predicted octanol–water partition coefficient (Wildman–Crippen LogP) is 5.91. The minimum Gasteiger partial charge on any atom is -0.344 e. The molecule has 0 bridgehead atoms. The number of para-hydroxylation sites is 2. The fourth-order valence-corrected chi connectivity index (χ4v) is 4.64. The van der Waals surface area contributed by atoms with Crippen molar-refractivity contribution in [2.75, 3.05) is 5.32 Å². The molecule has 0 saturated heterocycles. The second kappa shape index (κ2) is 10.2. The molecule has 194 valence electrons. The van der Waals surface area contributed by atoms with E-state index in [1.54, 1.807) is 31.2 Å². The summed E-state index contributed by atoms with van der Waals surface area (Å²) < 4.78 is 1.42. The Balaban J connectivity index is 1.66. The van der Waals surface area contributed by atoms with E-state index in [9.17, 15) is 25.0 Å². The molecule has 0 saturated carbocycles. The first-order chi connectivity index (χ1) is 18.7. The van der Waals surface area contributed by atoms with Crippen LogP contribution < -0.4 is 10.3 Å². The molecular weight excluding hydrogens is 498 g/mol. The minimum atomic E-state index is -0.722. The number of nitro benzene ring substituents is 2. The highest BCUT2D eigenvalue weighted by molar-refractivity contribution is 6.03. The van der Waals surface area contributed by atoms with Gasteiger partial charge in [-0.15, -0.1) is 0 Å². The Morgan fingerprint density at radius 2 is 1.51 bits per heavy atom. The first-order valence-corrected chi connectivity index (χ1v) is 12.1. The van der Waals surface area contributed by atoms with Crippen molar-refractivity contribution < 1.29 is 19.6 Å². The van der Waals surface area contributed by atoms with E-state index in [1.165, 1.54) is 4.57 Å². The van der Waals surface area contributed by atoms with Gasteiger partial charge in [-0.25, -0.2) is 9.78 Å². The number of nitrogens with one attached hydrogen (secondary N) is 2. The molecule has 0 amide bonds. The highest BCUT2D eigenvalue weighted by Gasteiger charge is 2.33. The van der Waals surface area contributed by atoms with Gasteiger partial charge in [0.1, 0.15) is 0 Å². The van der Waals surface area contributed by atoms with Gasteiger partial charge < -0.3 is 5.32 Å². The molecule has 10 nitrogen and oxygen atoms in total. The van der Waals surface area contributed by atoms with Gasteiger partial charge in [0.15, 0.2) is 16.7 Å². The van der Waals surface area contributed by atoms with Gasteiger partial charge in [0.25, 0.3) is 5.82 Å². The summed E-state index contributed by atoms with van der Waals surface area (Å²) in [6.45, 7) is 3.70. The summed E-state index contributed by atoms with van der Waals surface area (Å²) in [5.74, 6) is -0.0853. The summed E-state index contributed by atoms with van der Waals surface area (Å²) in [4.78, 5) is 40.0. The summed E-state index contributed by atoms with van der Waals surface area (Å²) >= 11 is 0. The van der Waals surface area contributed by atoms with E-state index in [1.807, 2.05) is 55.5 Å². The lowest BCUT2D eigenvalue weighted by atomic mass is 10.1. The predicted molar refractivity (Wildman–Crippen MR) is 146 cm³/mol. The summed E-state index contributed by atoms with van der Waals surface area (Å²) in [6.07, 6.45) is 0.373. The van der Waals surface area contributed by atoms with E-state index < -0.39 is 27.1 Å². The van der Waals surface area contributed by atoms with E-state index in [4.69, 9.17) is 0 Å². The Hall–Kier alpha value is -5.38. The Bertz CT molecular complexity index is 1730. The molecule has 39 heavy (non-hydrogen) atoms. The number of aryl methyl sites for hydroxylation is 2. The van der Waals surface area contributed by atoms with Crippen LogP contribution in [0.4, 0.5) is 22.7 Å². The van der Waals surface area contributed by atoms with E-state index in [2.05, 4.69) is 10.3 Å². The molecule has 0 radical (unpaired) electrons. The quantitative estimate of drug-likeness (QED) is 0.208. The Morgan fingerprint density at radius 1 is 0.872 bits per heavy atom. The molecule has 0 aliphatic rings. The van der Waals surface area contributed by atoms with Crippen LogP contribution in [0.25, 0.3) is 11.0 Å². The molecule has 0 aliphatic carbocycles. The van der Waals surface area contributed by atoms with Crippen LogP contribution in [0.5, 0.6) is 0 Å². The highest BCUT2D eigenvalue weighted by Crippen LogP contribution is 2.39. The number of fused-ring (bicyclic) bond motifs is 1. The summed E-state index contributed by atoms with van der Waals surface area (Å²) in [6, 6.07) is 24.2. The molecule has 5 aromatic rings. The standard InChI is InChI=1S/C29H23N5O5/c1-18-12-13-22(19(2)14-18)31-28-25(33(36)37)16-21(17-26(28)34(38)39)29(35)32-24-11-7-6-10-23(24)30-27(32)15-20-8-4-3-5-9-20/h3-14,16-17,31H,15H2,1-2H3/p+1. The average molecular weight is 523 g/mol. The van der Waals surface area contributed by atoms with Gasteiger partial charge in [0.2, 0.25) is 0 Å². The maximum absolute atomic E-state index is 13.9. The average Bonchev–Trinajstić information content (AvgIpc) is 3.27. The van der Waals surface area contributed by atoms with E-state index in [0.29, 0.717) is 29.0 Å². The third-order valence-electron chi connectivity index (χ3n) is 6.49. The number of benzene rings is 4. The third kappa shape index (κ3) is 4.95. The van der Waals surface area contributed by atoms with Gasteiger partial charge >= 0.3 is 17.3 Å². The van der Waals surface area contributed by atoms with Crippen LogP contribution in [-0.2, 0) is 6.42 Å². The zero-order chi connectivity index (χ0) is 27.7. The smallest absolute Gasteiger partial charge is 0.344 e. The van der Waals surface area contributed by atoms with Crippen molar-refractivity contribution in [2.24, 2.45) is 0 Å². The summed E-state index contributed by atoms with van der Waals surface area (Å²) in [7, 11) is 0. The highest BCUT2D eigenvalue weighted by atomic mass is 16.6. The van der Waals surface area contributed by atoms with Crippen LogP contribution in [0.1, 0.15) is 32.9 Å². The second-order valence-electron chi connectivity index (χ2n) is 9.24. The lowest BCUT2D eigenvalue weighted by Gasteiger charge is -2.12. The van der Waals surface area contributed by atoms with Gasteiger partial charge in [-0.3, -0.25) is 20.2 Å². The van der Waals surface area contributed by atoms with E-state index in [0.717, 1.165) is 28.8 Å².